The van der Waals surface area contributed by atoms with Crippen LogP contribution in [-0.4, -0.2) is 21.2 Å². The zero-order valence-corrected chi connectivity index (χ0v) is 21.3. The molecule has 2 N–H and O–H groups in total. The molecule has 0 spiro atoms. The predicted octanol–water partition coefficient (Wildman–Crippen LogP) is 5.58. The highest BCUT2D eigenvalue weighted by Crippen LogP contribution is 2.32. The molecule has 0 saturated carbocycles. The molecule has 2 aromatic carbocycles. The van der Waals surface area contributed by atoms with Crippen LogP contribution < -0.4 is 5.32 Å². The molecule has 3 aromatic heterocycles. The number of nitrogens with zero attached hydrogens (tertiary/aromatic N) is 2. The molecular weight excluding hydrogens is 466 g/mol. The molecule has 0 fully saturated rings. The van der Waals surface area contributed by atoms with E-state index in [1.807, 2.05) is 74.5 Å². The number of furan rings is 1. The van der Waals surface area contributed by atoms with Gasteiger partial charge in [0.1, 0.15) is 23.2 Å². The maximum absolute atomic E-state index is 13.2. The number of nitrogens with one attached hydrogen (secondary N) is 1. The number of hydrogen-bond acceptors (Lipinski definition) is 6. The molecule has 0 aliphatic carbocycles. The summed E-state index contributed by atoms with van der Waals surface area (Å²) in [6.07, 6.45) is -0.784. The van der Waals surface area contributed by atoms with Gasteiger partial charge in [0.2, 0.25) is 5.91 Å². The van der Waals surface area contributed by atoms with Crippen molar-refractivity contribution in [2.45, 2.75) is 46.3 Å². The lowest BCUT2D eigenvalue weighted by atomic mass is 9.96. The van der Waals surface area contributed by atoms with E-state index in [0.29, 0.717) is 28.4 Å². The first-order chi connectivity index (χ1) is 17.8. The largest absolute Gasteiger partial charge is 0.458 e. The average molecular weight is 496 g/mol. The van der Waals surface area contributed by atoms with Gasteiger partial charge in [0.05, 0.1) is 23.7 Å². The molecule has 0 aliphatic heterocycles. The van der Waals surface area contributed by atoms with Crippen molar-refractivity contribution in [1.82, 2.24) is 15.5 Å². The minimum Gasteiger partial charge on any atom is -0.458 e. The molecule has 0 saturated heterocycles. The number of aliphatic hydroxyl groups excluding tert-OH is 1. The fourth-order valence-electron chi connectivity index (χ4n) is 4.77. The third kappa shape index (κ3) is 5.04. The summed E-state index contributed by atoms with van der Waals surface area (Å²) in [5.41, 5.74) is 6.48. The summed E-state index contributed by atoms with van der Waals surface area (Å²) in [4.78, 5) is 17.8. The molecule has 188 valence electrons. The molecule has 2 unspecified atom stereocenters. The Morgan fingerprint density at radius 2 is 1.76 bits per heavy atom. The molecule has 0 bridgehead atoms. The molecular formula is C30H29N3O4. The first-order valence-electron chi connectivity index (χ1n) is 12.2. The van der Waals surface area contributed by atoms with E-state index in [-0.39, 0.29) is 18.4 Å². The van der Waals surface area contributed by atoms with Gasteiger partial charge in [-0.2, -0.15) is 0 Å². The smallest absolute Gasteiger partial charge is 0.225 e. The molecule has 37 heavy (non-hydrogen) atoms. The van der Waals surface area contributed by atoms with Crippen LogP contribution in [0.25, 0.3) is 11.0 Å². The standard InChI is InChI=1S/C30H29N3O4/c1-17-10-12-24(18(2)31-17)29(22-8-6-5-7-9-22)32-27(34)15-21-11-13-25-23(14-21)16-26(36-25)30(35)28-19(3)33-37-20(28)4/h5-14,16,29-30,35H,15H2,1-4H3,(H,32,34). The second-order valence-corrected chi connectivity index (χ2v) is 9.38. The summed E-state index contributed by atoms with van der Waals surface area (Å²) in [6, 6.07) is 21.0. The number of pyridine rings is 1. The van der Waals surface area contributed by atoms with E-state index in [9.17, 15) is 9.90 Å². The van der Waals surface area contributed by atoms with Gasteiger partial charge >= 0.3 is 0 Å². The Morgan fingerprint density at radius 1 is 0.973 bits per heavy atom. The fourth-order valence-corrected chi connectivity index (χ4v) is 4.77. The second-order valence-electron chi connectivity index (χ2n) is 9.38. The first kappa shape index (κ1) is 24.5. The van der Waals surface area contributed by atoms with Crippen molar-refractivity contribution in [2.75, 3.05) is 0 Å². The Balaban J connectivity index is 1.37. The van der Waals surface area contributed by atoms with Crippen LogP contribution in [0.15, 0.2) is 75.7 Å². The van der Waals surface area contributed by atoms with Crippen molar-refractivity contribution in [3.05, 3.63) is 118 Å². The quantitative estimate of drug-likeness (QED) is 0.306. The van der Waals surface area contributed by atoms with Crippen LogP contribution in [0.2, 0.25) is 0 Å². The molecule has 3 heterocycles. The third-order valence-corrected chi connectivity index (χ3v) is 6.61. The van der Waals surface area contributed by atoms with E-state index in [4.69, 9.17) is 8.94 Å². The van der Waals surface area contributed by atoms with Crippen molar-refractivity contribution in [2.24, 2.45) is 0 Å². The van der Waals surface area contributed by atoms with E-state index in [0.717, 1.165) is 33.5 Å². The SMILES string of the molecule is Cc1ccc(C(NC(=O)Cc2ccc3oc(C(O)c4c(C)noc4C)cc3c2)c2ccccc2)c(C)n1. The number of carbonyl (C=O) groups is 1. The Kier molecular flexibility index (Phi) is 6.63. The number of aryl methyl sites for hydroxylation is 4. The van der Waals surface area contributed by atoms with Crippen molar-refractivity contribution in [3.8, 4) is 0 Å². The highest BCUT2D eigenvalue weighted by molar-refractivity contribution is 5.83. The molecule has 0 radical (unpaired) electrons. The van der Waals surface area contributed by atoms with Crippen LogP contribution in [0.1, 0.15) is 63.0 Å². The molecule has 7 heteroatoms. The van der Waals surface area contributed by atoms with E-state index < -0.39 is 6.10 Å². The summed E-state index contributed by atoms with van der Waals surface area (Å²) in [5.74, 6) is 0.847. The predicted molar refractivity (Wildman–Crippen MR) is 140 cm³/mol. The molecule has 1 amide bonds. The summed E-state index contributed by atoms with van der Waals surface area (Å²) in [6.45, 7) is 7.46. The van der Waals surface area contributed by atoms with Crippen molar-refractivity contribution in [1.29, 1.82) is 0 Å². The molecule has 2 atom stereocenters. The average Bonchev–Trinajstić information content (AvgIpc) is 3.45. The Morgan fingerprint density at radius 3 is 2.46 bits per heavy atom. The minimum atomic E-state index is -0.983. The number of hydrogen-bond donors (Lipinski definition) is 2. The maximum atomic E-state index is 13.2. The van der Waals surface area contributed by atoms with Gasteiger partial charge in [0, 0.05) is 22.3 Å². The fraction of sp³-hybridized carbons (Fsp3) is 0.233. The Bertz CT molecular complexity index is 1550. The molecule has 5 aromatic rings. The first-order valence-corrected chi connectivity index (χ1v) is 12.2. The molecule has 7 nitrogen and oxygen atoms in total. The van der Waals surface area contributed by atoms with E-state index >= 15 is 0 Å². The van der Waals surface area contributed by atoms with Crippen molar-refractivity contribution < 1.29 is 18.8 Å². The van der Waals surface area contributed by atoms with Gasteiger partial charge in [-0.1, -0.05) is 47.6 Å². The van der Waals surface area contributed by atoms with Gasteiger partial charge in [0.25, 0.3) is 0 Å². The normalized spacial score (nSPS) is 13.0. The summed E-state index contributed by atoms with van der Waals surface area (Å²) >= 11 is 0. The van der Waals surface area contributed by atoms with Gasteiger partial charge in [-0.25, -0.2) is 0 Å². The number of rotatable bonds is 7. The molecule has 5 rings (SSSR count). The third-order valence-electron chi connectivity index (χ3n) is 6.61. The van der Waals surface area contributed by atoms with Crippen LogP contribution in [-0.2, 0) is 11.2 Å². The van der Waals surface area contributed by atoms with Gasteiger partial charge in [-0.3, -0.25) is 9.78 Å². The molecule has 0 aliphatic rings. The second kappa shape index (κ2) is 10.0. The summed E-state index contributed by atoms with van der Waals surface area (Å²) < 4.78 is 11.1. The summed E-state index contributed by atoms with van der Waals surface area (Å²) in [7, 11) is 0. The van der Waals surface area contributed by atoms with Crippen molar-refractivity contribution in [3.63, 3.8) is 0 Å². The van der Waals surface area contributed by atoms with Crippen LogP contribution in [0.5, 0.6) is 0 Å². The monoisotopic (exact) mass is 495 g/mol. The van der Waals surface area contributed by atoms with E-state index in [1.54, 1.807) is 19.9 Å². The number of aliphatic hydroxyl groups is 1. The Hall–Kier alpha value is -4.23. The highest BCUT2D eigenvalue weighted by atomic mass is 16.5. The van der Waals surface area contributed by atoms with Gasteiger partial charge in [-0.05, 0) is 63.1 Å². The number of amides is 1. The van der Waals surface area contributed by atoms with Gasteiger partial charge in [0.15, 0.2) is 0 Å². The van der Waals surface area contributed by atoms with Crippen LogP contribution in [0.4, 0.5) is 0 Å². The number of fused-ring (bicyclic) bond motifs is 1. The van der Waals surface area contributed by atoms with Crippen molar-refractivity contribution >= 4 is 16.9 Å². The Labute approximate surface area is 215 Å². The minimum absolute atomic E-state index is 0.104. The van der Waals surface area contributed by atoms with Gasteiger partial charge in [-0.15, -0.1) is 0 Å². The summed E-state index contributed by atoms with van der Waals surface area (Å²) in [5, 5.41) is 18.8. The van der Waals surface area contributed by atoms with Gasteiger partial charge < -0.3 is 19.4 Å². The maximum Gasteiger partial charge on any atom is 0.225 e. The highest BCUT2D eigenvalue weighted by Gasteiger charge is 2.24. The lowest BCUT2D eigenvalue weighted by molar-refractivity contribution is -0.120. The zero-order chi connectivity index (χ0) is 26.1. The van der Waals surface area contributed by atoms with Crippen LogP contribution >= 0.6 is 0 Å². The van der Waals surface area contributed by atoms with E-state index in [2.05, 4.69) is 15.5 Å². The van der Waals surface area contributed by atoms with Crippen LogP contribution in [0.3, 0.4) is 0 Å². The number of benzene rings is 2. The zero-order valence-electron chi connectivity index (χ0n) is 21.3. The lowest BCUT2D eigenvalue weighted by Gasteiger charge is -2.21. The lowest BCUT2D eigenvalue weighted by Crippen LogP contribution is -2.31. The van der Waals surface area contributed by atoms with Crippen LogP contribution in [0, 0.1) is 27.7 Å². The topological polar surface area (TPSA) is 101 Å². The number of aromatic nitrogens is 2. The number of carbonyl (C=O) groups excluding carboxylic acids is 1. The van der Waals surface area contributed by atoms with E-state index in [1.165, 1.54) is 0 Å².